The zero-order chi connectivity index (χ0) is 23.7. The van der Waals surface area contributed by atoms with Gasteiger partial charge in [-0.25, -0.2) is 8.78 Å². The molecule has 1 aromatic rings. The van der Waals surface area contributed by atoms with Gasteiger partial charge in [0.25, 0.3) is 5.97 Å². The highest BCUT2D eigenvalue weighted by molar-refractivity contribution is 5.17. The fourth-order valence-corrected chi connectivity index (χ4v) is 4.40. The monoisotopic (exact) mass is 456 g/mol. The molecule has 0 N–H and O–H groups in total. The number of ether oxygens (including phenoxy) is 3. The van der Waals surface area contributed by atoms with Crippen molar-refractivity contribution in [1.29, 1.82) is 0 Å². The molecule has 3 nitrogen and oxygen atoms in total. The van der Waals surface area contributed by atoms with Crippen LogP contribution < -0.4 is 0 Å². The quantitative estimate of drug-likeness (QED) is 0.146. The number of rotatable bonds is 20. The van der Waals surface area contributed by atoms with Crippen molar-refractivity contribution in [2.75, 3.05) is 19.8 Å². The lowest BCUT2D eigenvalue weighted by Crippen LogP contribution is -2.46. The Balaban J connectivity index is 2.65. The van der Waals surface area contributed by atoms with E-state index in [1.165, 1.54) is 44.2 Å². The van der Waals surface area contributed by atoms with Crippen LogP contribution in [0.25, 0.3) is 0 Å². The van der Waals surface area contributed by atoms with E-state index < -0.39 is 17.6 Å². The Morgan fingerprint density at radius 1 is 0.656 bits per heavy atom. The summed E-state index contributed by atoms with van der Waals surface area (Å²) < 4.78 is 45.1. The third-order valence-corrected chi connectivity index (χ3v) is 5.88. The van der Waals surface area contributed by atoms with Crippen LogP contribution >= 0.6 is 0 Å². The van der Waals surface area contributed by atoms with Gasteiger partial charge in [0, 0.05) is 31.8 Å². The fraction of sp³-hybridized carbons (Fsp3) is 0.778. The molecule has 5 heteroatoms. The Morgan fingerprint density at radius 2 is 1.12 bits per heavy atom. The van der Waals surface area contributed by atoms with Gasteiger partial charge in [-0.3, -0.25) is 0 Å². The maximum atomic E-state index is 13.4. The van der Waals surface area contributed by atoms with E-state index >= 15 is 0 Å². The number of hydrogen-bond acceptors (Lipinski definition) is 3. The van der Waals surface area contributed by atoms with E-state index in [1.54, 1.807) is 0 Å². The number of aryl methyl sites for hydroxylation is 1. The first-order chi connectivity index (χ1) is 15.5. The van der Waals surface area contributed by atoms with Gasteiger partial charge in [-0.1, -0.05) is 58.3 Å². The normalized spacial score (nSPS) is 12.9. The molecule has 0 saturated carbocycles. The summed E-state index contributed by atoms with van der Waals surface area (Å²) in [5.41, 5.74) is 0.721. The lowest BCUT2D eigenvalue weighted by molar-refractivity contribution is -0.403. The van der Waals surface area contributed by atoms with Gasteiger partial charge in [0.05, 0.1) is 0 Å². The molecule has 0 heterocycles. The molecule has 0 saturated heterocycles. The van der Waals surface area contributed by atoms with Crippen LogP contribution in [0, 0.1) is 17.6 Å². The molecule has 0 radical (unpaired) electrons. The molecule has 32 heavy (non-hydrogen) atoms. The molecule has 0 aromatic heterocycles. The second-order valence-electron chi connectivity index (χ2n) is 8.53. The van der Waals surface area contributed by atoms with Crippen molar-refractivity contribution in [2.45, 2.75) is 111 Å². The summed E-state index contributed by atoms with van der Waals surface area (Å²) in [6, 6.07) is 3.77. The molecule has 0 fully saturated rings. The summed E-state index contributed by atoms with van der Waals surface area (Å²) in [7, 11) is 0. The Labute approximate surface area is 195 Å². The average Bonchev–Trinajstić information content (AvgIpc) is 2.74. The average molecular weight is 457 g/mol. The van der Waals surface area contributed by atoms with Crippen molar-refractivity contribution in [2.24, 2.45) is 5.92 Å². The van der Waals surface area contributed by atoms with E-state index in [-0.39, 0.29) is 5.92 Å². The summed E-state index contributed by atoms with van der Waals surface area (Å²) >= 11 is 0. The van der Waals surface area contributed by atoms with Gasteiger partial charge < -0.3 is 14.2 Å². The molecule has 0 aliphatic carbocycles. The Morgan fingerprint density at radius 3 is 1.62 bits per heavy atom. The number of benzene rings is 1. The lowest BCUT2D eigenvalue weighted by Gasteiger charge is -2.39. The minimum Gasteiger partial charge on any atom is -0.328 e. The minimum atomic E-state index is -0.979. The highest BCUT2D eigenvalue weighted by Gasteiger charge is 2.41. The maximum absolute atomic E-state index is 13.4. The summed E-state index contributed by atoms with van der Waals surface area (Å²) in [4.78, 5) is 0. The van der Waals surface area contributed by atoms with Crippen molar-refractivity contribution >= 4 is 0 Å². The third kappa shape index (κ3) is 11.2. The Bertz CT molecular complexity index is 557. The van der Waals surface area contributed by atoms with E-state index in [1.807, 2.05) is 20.8 Å². The lowest BCUT2D eigenvalue weighted by atomic mass is 9.91. The molecule has 0 bridgehead atoms. The molecule has 1 atom stereocenters. The molecule has 0 amide bonds. The van der Waals surface area contributed by atoms with Crippen molar-refractivity contribution in [1.82, 2.24) is 0 Å². The van der Waals surface area contributed by atoms with Crippen molar-refractivity contribution in [3.05, 3.63) is 35.4 Å². The topological polar surface area (TPSA) is 27.7 Å². The predicted octanol–water partition coefficient (Wildman–Crippen LogP) is 8.20. The molecule has 0 aliphatic heterocycles. The number of unbranched alkanes of at least 4 members (excludes halogenated alkanes) is 7. The van der Waals surface area contributed by atoms with E-state index in [9.17, 15) is 8.78 Å². The Kier molecular flexibility index (Phi) is 15.8. The van der Waals surface area contributed by atoms with Crippen LogP contribution in [0.1, 0.15) is 104 Å². The van der Waals surface area contributed by atoms with Crippen LogP contribution in [0.3, 0.4) is 0 Å². The van der Waals surface area contributed by atoms with E-state index in [4.69, 9.17) is 14.2 Å². The van der Waals surface area contributed by atoms with Crippen LogP contribution in [0.4, 0.5) is 8.78 Å². The van der Waals surface area contributed by atoms with Crippen molar-refractivity contribution in [3.8, 4) is 0 Å². The van der Waals surface area contributed by atoms with Crippen LogP contribution in [0.2, 0.25) is 0 Å². The number of hydrogen-bond donors (Lipinski definition) is 0. The Hall–Kier alpha value is -1.04. The number of halogens is 2. The van der Waals surface area contributed by atoms with E-state index in [0.717, 1.165) is 50.2 Å². The summed E-state index contributed by atoms with van der Waals surface area (Å²) in [5.74, 6) is -1.82. The molecular formula is C27H46F2O3. The molecule has 1 unspecified atom stereocenters. The standard InChI is InChI=1S/C27H46F2O3/c1-5-9-10-11-12-15-18-24(27(30-6-2,31-7-3)32-8-4)19-16-13-14-17-23-20-25(28)22-26(29)21-23/h20-22,24H,5-19H2,1-4H3. The minimum absolute atomic E-state index is 0.167. The van der Waals surface area contributed by atoms with Gasteiger partial charge in [0.2, 0.25) is 0 Å². The highest BCUT2D eigenvalue weighted by Crippen LogP contribution is 2.34. The zero-order valence-corrected chi connectivity index (χ0v) is 20.9. The predicted molar refractivity (Wildman–Crippen MR) is 128 cm³/mol. The second kappa shape index (κ2) is 17.4. The smallest absolute Gasteiger partial charge is 0.285 e. The third-order valence-electron chi connectivity index (χ3n) is 5.88. The largest absolute Gasteiger partial charge is 0.328 e. The molecule has 1 rings (SSSR count). The molecule has 1 aromatic carbocycles. The first-order valence-electron chi connectivity index (χ1n) is 12.9. The van der Waals surface area contributed by atoms with Crippen LogP contribution in [-0.2, 0) is 20.6 Å². The summed E-state index contributed by atoms with van der Waals surface area (Å²) in [6.45, 7) is 9.79. The van der Waals surface area contributed by atoms with E-state index in [0.29, 0.717) is 26.2 Å². The van der Waals surface area contributed by atoms with Crippen molar-refractivity contribution in [3.63, 3.8) is 0 Å². The van der Waals surface area contributed by atoms with Gasteiger partial charge in [-0.2, -0.15) is 0 Å². The molecule has 186 valence electrons. The first-order valence-corrected chi connectivity index (χ1v) is 12.9. The molecule has 0 aliphatic rings. The first kappa shape index (κ1) is 29.0. The van der Waals surface area contributed by atoms with Gasteiger partial charge in [0.1, 0.15) is 11.6 Å². The summed E-state index contributed by atoms with van der Waals surface area (Å²) in [6.07, 6.45) is 13.1. The van der Waals surface area contributed by atoms with E-state index in [2.05, 4.69) is 6.92 Å². The fourth-order valence-electron chi connectivity index (χ4n) is 4.40. The van der Waals surface area contributed by atoms with Crippen molar-refractivity contribution < 1.29 is 23.0 Å². The van der Waals surface area contributed by atoms with Crippen LogP contribution in [-0.4, -0.2) is 25.8 Å². The van der Waals surface area contributed by atoms with Gasteiger partial charge in [-0.05, 0) is 64.2 Å². The zero-order valence-electron chi connectivity index (χ0n) is 20.9. The summed E-state index contributed by atoms with van der Waals surface area (Å²) in [5, 5.41) is 0. The highest BCUT2D eigenvalue weighted by atomic mass is 19.1. The van der Waals surface area contributed by atoms with Gasteiger partial charge in [0.15, 0.2) is 0 Å². The SMILES string of the molecule is CCCCCCCCC(CCCCCc1cc(F)cc(F)c1)C(OCC)(OCC)OCC. The molecular weight excluding hydrogens is 410 g/mol. The van der Waals surface area contributed by atoms with Gasteiger partial charge in [-0.15, -0.1) is 0 Å². The van der Waals surface area contributed by atoms with Crippen LogP contribution in [0.15, 0.2) is 18.2 Å². The van der Waals surface area contributed by atoms with Crippen LogP contribution in [0.5, 0.6) is 0 Å². The molecule has 0 spiro atoms. The van der Waals surface area contributed by atoms with Gasteiger partial charge >= 0.3 is 0 Å². The second-order valence-corrected chi connectivity index (χ2v) is 8.53. The maximum Gasteiger partial charge on any atom is 0.285 e.